The molecule has 41 heavy (non-hydrogen) atoms. The van der Waals surface area contributed by atoms with Gasteiger partial charge in [-0.25, -0.2) is 0 Å². The van der Waals surface area contributed by atoms with E-state index in [0.29, 0.717) is 19.3 Å². The van der Waals surface area contributed by atoms with Crippen LogP contribution < -0.4 is 9.47 Å². The number of methoxy groups -OCH3 is 2. The molecule has 2 aliphatic heterocycles. The summed E-state index contributed by atoms with van der Waals surface area (Å²) in [5.74, 6) is 2.08. The molecule has 5 aliphatic carbocycles. The third kappa shape index (κ3) is 3.52. The Bertz CT molecular complexity index is 1390. The average Bonchev–Trinajstić information content (AvgIpc) is 3.71. The fraction of sp³-hybridized carbons (Fsp3) is 0.618. The summed E-state index contributed by atoms with van der Waals surface area (Å²) in [6.07, 6.45) is 8.16. The minimum Gasteiger partial charge on any atom is -0.493 e. The van der Waals surface area contributed by atoms with Gasteiger partial charge < -0.3 is 24.1 Å². The summed E-state index contributed by atoms with van der Waals surface area (Å²) in [5.41, 5.74) is 4.35. The zero-order valence-electron chi connectivity index (χ0n) is 24.2. The first-order valence-electron chi connectivity index (χ1n) is 15.5. The molecular weight excluding hydrogens is 518 g/mol. The fourth-order valence-corrected chi connectivity index (χ4v) is 10.2. The summed E-state index contributed by atoms with van der Waals surface area (Å²) in [7, 11) is 3.63. The summed E-state index contributed by atoms with van der Waals surface area (Å²) in [6.45, 7) is 3.43. The van der Waals surface area contributed by atoms with Gasteiger partial charge in [-0.05, 0) is 80.2 Å². The van der Waals surface area contributed by atoms with E-state index in [2.05, 4.69) is 17.0 Å². The Morgan fingerprint density at radius 2 is 1.98 bits per heavy atom. The minimum atomic E-state index is -0.817. The molecule has 1 N–H and O–H groups in total. The average molecular weight is 560 g/mol. The topological polar surface area (TPSA) is 77.5 Å². The maximum Gasteiger partial charge on any atom is 0.307 e. The van der Waals surface area contributed by atoms with E-state index in [0.717, 1.165) is 67.2 Å². The fourth-order valence-electron chi connectivity index (χ4n) is 10.2. The molecule has 218 valence electrons. The Balaban J connectivity index is 1.15. The third-order valence-electron chi connectivity index (χ3n) is 11.9. The second kappa shape index (κ2) is 9.19. The first-order chi connectivity index (χ1) is 19.9. The Hall–Kier alpha value is -2.61. The molecule has 1 saturated heterocycles. The third-order valence-corrected chi connectivity index (χ3v) is 11.9. The second-order valence-electron chi connectivity index (χ2n) is 13.6. The Morgan fingerprint density at radius 3 is 2.76 bits per heavy atom. The molecule has 4 saturated carbocycles. The number of benzene rings is 2. The molecule has 2 aromatic carbocycles. The van der Waals surface area contributed by atoms with Crippen LogP contribution in [-0.4, -0.2) is 67.6 Å². The Labute approximate surface area is 242 Å². The van der Waals surface area contributed by atoms with Crippen LogP contribution in [0.2, 0.25) is 0 Å². The normalized spacial score (nSPS) is 36.1. The highest BCUT2D eigenvalue weighted by Gasteiger charge is 2.80. The van der Waals surface area contributed by atoms with Gasteiger partial charge in [0.05, 0.1) is 26.7 Å². The van der Waals surface area contributed by atoms with Gasteiger partial charge in [0.2, 0.25) is 0 Å². The van der Waals surface area contributed by atoms with Gasteiger partial charge in [0.15, 0.2) is 11.5 Å². The van der Waals surface area contributed by atoms with Crippen molar-refractivity contribution in [2.75, 3.05) is 33.9 Å². The van der Waals surface area contributed by atoms with Gasteiger partial charge in [-0.2, -0.15) is 0 Å². The first kappa shape index (κ1) is 26.1. The van der Waals surface area contributed by atoms with E-state index >= 15 is 0 Å². The van der Waals surface area contributed by atoms with E-state index in [1.54, 1.807) is 7.11 Å². The molecule has 7 nitrogen and oxygen atoms in total. The number of rotatable bonds is 10. The maximum absolute atomic E-state index is 11.2. The standard InChI is InChI=1S/C34H41NO6/c1-38-26-9-8-24-16-27-32-10-11-34(39-2,25(17-32)20-40-19-23-5-3-4-22(14-23)15-28(36)37)31-33(32,29(24)30(26)41-31)12-13-35(27)18-21-6-7-21/h3-5,8-9,14,21,25,27,31H,6-7,10-13,15-20H2,1-2H3,(H,36,37)/t25-,27-,31-,32-,33+,34-/m1/s1. The number of hydrogen-bond acceptors (Lipinski definition) is 6. The van der Waals surface area contributed by atoms with E-state index in [-0.39, 0.29) is 29.3 Å². The molecule has 9 rings (SSSR count). The predicted molar refractivity (Wildman–Crippen MR) is 152 cm³/mol. The molecular formula is C34H41NO6. The maximum atomic E-state index is 11.2. The number of hydrogen-bond donors (Lipinski definition) is 1. The van der Waals surface area contributed by atoms with Crippen molar-refractivity contribution in [1.29, 1.82) is 0 Å². The lowest BCUT2D eigenvalue weighted by Gasteiger charge is -2.74. The van der Waals surface area contributed by atoms with Crippen molar-refractivity contribution >= 4 is 5.97 Å². The van der Waals surface area contributed by atoms with Crippen LogP contribution in [-0.2, 0) is 39.1 Å². The smallest absolute Gasteiger partial charge is 0.307 e. The number of carboxylic acids is 1. The zero-order chi connectivity index (χ0) is 28.0. The number of ether oxygens (including phenoxy) is 4. The number of fused-ring (bicyclic) bond motifs is 2. The van der Waals surface area contributed by atoms with E-state index in [1.165, 1.54) is 30.5 Å². The monoisotopic (exact) mass is 559 g/mol. The zero-order valence-corrected chi connectivity index (χ0v) is 24.2. The van der Waals surface area contributed by atoms with Crippen molar-refractivity contribution < 1.29 is 28.8 Å². The summed E-state index contributed by atoms with van der Waals surface area (Å²) >= 11 is 0. The van der Waals surface area contributed by atoms with Crippen LogP contribution in [0.15, 0.2) is 36.4 Å². The summed E-state index contributed by atoms with van der Waals surface area (Å²) in [6, 6.07) is 12.7. The molecule has 2 aromatic rings. The minimum absolute atomic E-state index is 0.0254. The van der Waals surface area contributed by atoms with Crippen LogP contribution in [0.4, 0.5) is 0 Å². The van der Waals surface area contributed by atoms with Gasteiger partial charge in [0, 0.05) is 42.0 Å². The summed E-state index contributed by atoms with van der Waals surface area (Å²) in [5, 5.41) is 9.21. The van der Waals surface area contributed by atoms with Crippen molar-refractivity contribution in [3.63, 3.8) is 0 Å². The van der Waals surface area contributed by atoms with Crippen molar-refractivity contribution in [2.24, 2.45) is 17.3 Å². The van der Waals surface area contributed by atoms with Crippen molar-refractivity contribution in [1.82, 2.24) is 4.90 Å². The lowest BCUT2D eigenvalue weighted by molar-refractivity contribution is -0.283. The lowest BCUT2D eigenvalue weighted by Crippen LogP contribution is -2.81. The number of piperidine rings is 1. The van der Waals surface area contributed by atoms with Crippen LogP contribution in [0, 0.1) is 17.3 Å². The highest BCUT2D eigenvalue weighted by Crippen LogP contribution is 2.76. The molecule has 4 bridgehead atoms. The van der Waals surface area contributed by atoms with Gasteiger partial charge in [0.1, 0.15) is 11.7 Å². The molecule has 6 atom stereocenters. The van der Waals surface area contributed by atoms with Crippen LogP contribution in [0.1, 0.15) is 60.8 Å². The molecule has 7 heteroatoms. The van der Waals surface area contributed by atoms with Gasteiger partial charge in [-0.15, -0.1) is 0 Å². The molecule has 0 radical (unpaired) electrons. The van der Waals surface area contributed by atoms with Gasteiger partial charge >= 0.3 is 5.97 Å². The predicted octanol–water partition coefficient (Wildman–Crippen LogP) is 4.76. The van der Waals surface area contributed by atoms with E-state index < -0.39 is 11.6 Å². The molecule has 0 unspecified atom stereocenters. The molecule has 0 amide bonds. The van der Waals surface area contributed by atoms with E-state index in [9.17, 15) is 9.90 Å². The summed E-state index contributed by atoms with van der Waals surface area (Å²) in [4.78, 5) is 14.1. The first-order valence-corrected chi connectivity index (χ1v) is 15.5. The number of aliphatic carboxylic acids is 1. The number of carbonyl (C=O) groups is 1. The van der Waals surface area contributed by atoms with E-state index in [1.807, 2.05) is 31.4 Å². The molecule has 2 heterocycles. The number of nitrogens with zero attached hydrogens (tertiary/aromatic N) is 1. The van der Waals surface area contributed by atoms with Crippen LogP contribution in [0.5, 0.6) is 11.5 Å². The Morgan fingerprint density at radius 1 is 1.12 bits per heavy atom. The molecule has 7 aliphatic rings. The Kier molecular flexibility index (Phi) is 5.84. The highest BCUT2D eigenvalue weighted by molar-refractivity contribution is 5.70. The van der Waals surface area contributed by atoms with Crippen molar-refractivity contribution in [3.05, 3.63) is 58.7 Å². The molecule has 0 aromatic heterocycles. The SMILES string of the molecule is COc1ccc2c3c1O[C@H]1[C@@]4(OC)CC[C@@]5(C[C@@H]4COCc4cccc(CC(=O)O)c4)[C@@H](C2)N(CC2CC2)CC[C@]315. The molecule has 5 fully saturated rings. The van der Waals surface area contributed by atoms with Crippen molar-refractivity contribution in [3.8, 4) is 11.5 Å². The largest absolute Gasteiger partial charge is 0.493 e. The van der Waals surface area contributed by atoms with Crippen LogP contribution >= 0.6 is 0 Å². The molecule has 2 spiro atoms. The quantitative estimate of drug-likeness (QED) is 0.450. The lowest BCUT2D eigenvalue weighted by atomic mass is 9.35. The van der Waals surface area contributed by atoms with Gasteiger partial charge in [-0.1, -0.05) is 30.3 Å². The van der Waals surface area contributed by atoms with Crippen molar-refractivity contribution in [2.45, 2.75) is 81.1 Å². The highest BCUT2D eigenvalue weighted by atomic mass is 16.6. The number of carboxylic acid groups (broad SMARTS) is 1. The van der Waals surface area contributed by atoms with Crippen LogP contribution in [0.3, 0.4) is 0 Å². The summed E-state index contributed by atoms with van der Waals surface area (Å²) < 4.78 is 26.1. The van der Waals surface area contributed by atoms with Gasteiger partial charge in [-0.3, -0.25) is 9.69 Å². The van der Waals surface area contributed by atoms with E-state index in [4.69, 9.17) is 18.9 Å². The van der Waals surface area contributed by atoms with Gasteiger partial charge in [0.25, 0.3) is 0 Å². The number of likely N-dealkylation sites (tertiary alicyclic amines) is 1. The van der Waals surface area contributed by atoms with Crippen LogP contribution in [0.25, 0.3) is 0 Å². The second-order valence-corrected chi connectivity index (χ2v) is 13.6.